The van der Waals surface area contributed by atoms with Crippen molar-refractivity contribution < 1.29 is 28.8 Å². The van der Waals surface area contributed by atoms with Gasteiger partial charge in [0.25, 0.3) is 5.91 Å². The third kappa shape index (κ3) is 4.45. The van der Waals surface area contributed by atoms with Crippen LogP contribution in [0.4, 0.5) is 0 Å². The molecule has 2 aliphatic heterocycles. The molecule has 0 spiro atoms. The highest BCUT2D eigenvalue weighted by Crippen LogP contribution is 2.40. The Bertz CT molecular complexity index is 1240. The Hall–Kier alpha value is -3.55. The van der Waals surface area contributed by atoms with Crippen molar-refractivity contribution in [2.75, 3.05) is 46.5 Å². The Labute approximate surface area is 204 Å². The van der Waals surface area contributed by atoms with Crippen LogP contribution in [0.2, 0.25) is 0 Å². The number of morpholine rings is 1. The second-order valence-corrected chi connectivity index (χ2v) is 9.06. The largest absolute Gasteiger partial charge is 0.497 e. The number of amides is 1. The van der Waals surface area contributed by atoms with Crippen molar-refractivity contribution in [1.82, 2.24) is 4.90 Å². The maximum atomic E-state index is 13.7. The Balaban J connectivity index is 1.55. The zero-order valence-corrected chi connectivity index (χ0v) is 19.7. The average molecular weight is 474 g/mol. The van der Waals surface area contributed by atoms with Gasteiger partial charge >= 0.3 is 0 Å². The van der Waals surface area contributed by atoms with Crippen molar-refractivity contribution in [1.29, 1.82) is 0 Å². The zero-order valence-electron chi connectivity index (χ0n) is 19.7. The average Bonchev–Trinajstić information content (AvgIpc) is 3.16. The first kappa shape index (κ1) is 23.2. The normalized spacial score (nSPS) is 21.0. The summed E-state index contributed by atoms with van der Waals surface area (Å²) in [7, 11) is 1.56. The number of benzene rings is 3. The first-order valence-electron chi connectivity index (χ1n) is 12.0. The lowest BCUT2D eigenvalue weighted by Gasteiger charge is -2.30. The molecule has 2 heterocycles. The van der Waals surface area contributed by atoms with Crippen LogP contribution in [0.3, 0.4) is 0 Å². The number of nitrogens with one attached hydrogen (secondary N) is 1. The summed E-state index contributed by atoms with van der Waals surface area (Å²) in [6.07, 6.45) is 0. The van der Waals surface area contributed by atoms with Gasteiger partial charge in [0.15, 0.2) is 5.78 Å². The highest BCUT2D eigenvalue weighted by Gasteiger charge is 2.52. The van der Waals surface area contributed by atoms with Gasteiger partial charge in [-0.25, -0.2) is 0 Å². The van der Waals surface area contributed by atoms with Crippen LogP contribution >= 0.6 is 0 Å². The monoisotopic (exact) mass is 473 g/mol. The molecule has 1 N–H and O–H groups in total. The van der Waals surface area contributed by atoms with Crippen molar-refractivity contribution in [2.45, 2.75) is 6.04 Å². The first-order chi connectivity index (χ1) is 17.1. The van der Waals surface area contributed by atoms with E-state index in [1.807, 2.05) is 42.5 Å². The van der Waals surface area contributed by atoms with E-state index in [0.29, 0.717) is 37.6 Å². The van der Waals surface area contributed by atoms with Gasteiger partial charge in [0.05, 0.1) is 39.5 Å². The number of fused-ring (bicyclic) bond motifs is 1. The van der Waals surface area contributed by atoms with E-state index in [-0.39, 0.29) is 5.78 Å². The van der Waals surface area contributed by atoms with E-state index in [1.54, 1.807) is 36.3 Å². The molecule has 0 saturated carbocycles. The summed E-state index contributed by atoms with van der Waals surface area (Å²) < 4.78 is 10.7. The molecular weight excluding hydrogens is 444 g/mol. The van der Waals surface area contributed by atoms with Crippen LogP contribution in [-0.4, -0.2) is 68.9 Å². The molecule has 35 heavy (non-hydrogen) atoms. The van der Waals surface area contributed by atoms with E-state index in [1.165, 1.54) is 4.90 Å². The molecule has 2 atom stereocenters. The van der Waals surface area contributed by atoms with Crippen LogP contribution < -0.4 is 9.64 Å². The predicted octanol–water partition coefficient (Wildman–Crippen LogP) is 1.72. The van der Waals surface area contributed by atoms with Crippen LogP contribution in [0.1, 0.15) is 22.0 Å². The number of carbonyl (C=O) groups excluding carboxylic acids is 3. The minimum Gasteiger partial charge on any atom is -0.497 e. The van der Waals surface area contributed by atoms with Gasteiger partial charge in [-0.05, 0) is 40.6 Å². The molecule has 3 aromatic rings. The summed E-state index contributed by atoms with van der Waals surface area (Å²) in [5, 5.41) is 1.95. The molecule has 2 unspecified atom stereocenters. The summed E-state index contributed by atoms with van der Waals surface area (Å²) in [5.74, 6) is -2.04. The van der Waals surface area contributed by atoms with Gasteiger partial charge in [0.1, 0.15) is 24.8 Å². The van der Waals surface area contributed by atoms with Gasteiger partial charge in [0, 0.05) is 5.56 Å². The Morgan fingerprint density at radius 1 is 1.00 bits per heavy atom. The Morgan fingerprint density at radius 2 is 1.71 bits per heavy atom. The smallest absolute Gasteiger partial charge is 0.291 e. The minimum absolute atomic E-state index is 0.342. The topological polar surface area (TPSA) is 77.4 Å². The summed E-state index contributed by atoms with van der Waals surface area (Å²) in [4.78, 5) is 43.3. The number of hydrogen-bond donors (Lipinski definition) is 1. The molecule has 7 nitrogen and oxygen atoms in total. The van der Waals surface area contributed by atoms with Crippen molar-refractivity contribution in [3.63, 3.8) is 0 Å². The Morgan fingerprint density at radius 3 is 2.46 bits per heavy atom. The van der Waals surface area contributed by atoms with Gasteiger partial charge in [-0.2, -0.15) is 0 Å². The maximum absolute atomic E-state index is 13.7. The van der Waals surface area contributed by atoms with Gasteiger partial charge in [-0.15, -0.1) is 0 Å². The number of likely N-dealkylation sites (tertiary alicyclic amines) is 1. The van der Waals surface area contributed by atoms with E-state index in [0.717, 1.165) is 29.4 Å². The second-order valence-electron chi connectivity index (χ2n) is 9.06. The SMILES string of the molecule is COc1ccc(C(=O)C2C(=O)C(=O)N(CC[NH+]3CCOCC3)C2c2cccc3ccccc23)cc1. The van der Waals surface area contributed by atoms with Crippen LogP contribution in [0.15, 0.2) is 66.7 Å². The molecule has 0 aliphatic carbocycles. The molecule has 3 aromatic carbocycles. The number of carbonyl (C=O) groups is 3. The molecule has 0 aromatic heterocycles. The van der Waals surface area contributed by atoms with E-state index in [2.05, 4.69) is 0 Å². The third-order valence-electron chi connectivity index (χ3n) is 7.11. The minimum atomic E-state index is -1.10. The zero-order chi connectivity index (χ0) is 24.4. The van der Waals surface area contributed by atoms with Crippen molar-refractivity contribution in [2.24, 2.45) is 5.92 Å². The number of Topliss-reactive ketones (excluding diaryl/α,β-unsaturated/α-hetero) is 2. The number of nitrogens with zero attached hydrogens (tertiary/aromatic N) is 1. The molecule has 2 saturated heterocycles. The lowest BCUT2D eigenvalue weighted by Crippen LogP contribution is -3.14. The Kier molecular flexibility index (Phi) is 6.61. The molecule has 2 aliphatic rings. The quantitative estimate of drug-likeness (QED) is 0.321. The summed E-state index contributed by atoms with van der Waals surface area (Å²) >= 11 is 0. The lowest BCUT2D eigenvalue weighted by atomic mass is 9.84. The standard InChI is InChI=1S/C28H28N2O5/c1-34-21-11-9-20(10-12-21)26(31)24-25(23-8-4-6-19-5-2-3-7-22(19)23)30(28(33)27(24)32)14-13-29-15-17-35-18-16-29/h2-12,24-25H,13-18H2,1H3/p+1. The molecule has 0 radical (unpaired) electrons. The molecule has 7 heteroatoms. The van der Waals surface area contributed by atoms with Gasteiger partial charge in [-0.1, -0.05) is 42.5 Å². The maximum Gasteiger partial charge on any atom is 0.291 e. The lowest BCUT2D eigenvalue weighted by molar-refractivity contribution is -0.907. The van der Waals surface area contributed by atoms with Crippen LogP contribution in [0.25, 0.3) is 10.8 Å². The molecule has 0 bridgehead atoms. The summed E-state index contributed by atoms with van der Waals surface area (Å²) in [6.45, 7) is 4.21. The highest BCUT2D eigenvalue weighted by atomic mass is 16.5. The van der Waals surface area contributed by atoms with Crippen LogP contribution in [0, 0.1) is 5.92 Å². The third-order valence-corrected chi connectivity index (χ3v) is 7.11. The van der Waals surface area contributed by atoms with Gasteiger partial charge in [0.2, 0.25) is 5.78 Å². The number of hydrogen-bond acceptors (Lipinski definition) is 5. The fourth-order valence-electron chi connectivity index (χ4n) is 5.21. The highest BCUT2D eigenvalue weighted by molar-refractivity contribution is 6.44. The van der Waals surface area contributed by atoms with E-state index >= 15 is 0 Å². The van der Waals surface area contributed by atoms with Crippen LogP contribution in [-0.2, 0) is 14.3 Å². The van der Waals surface area contributed by atoms with E-state index in [4.69, 9.17) is 9.47 Å². The van der Waals surface area contributed by atoms with Crippen molar-refractivity contribution in [3.05, 3.63) is 77.9 Å². The number of ether oxygens (including phenoxy) is 2. The molecule has 1 amide bonds. The van der Waals surface area contributed by atoms with E-state index < -0.39 is 23.7 Å². The summed E-state index contributed by atoms with van der Waals surface area (Å²) in [6, 6.07) is 19.8. The first-order valence-corrected chi connectivity index (χ1v) is 12.0. The van der Waals surface area contributed by atoms with E-state index in [9.17, 15) is 14.4 Å². The molecule has 180 valence electrons. The van der Waals surface area contributed by atoms with Gasteiger partial charge < -0.3 is 19.3 Å². The number of rotatable bonds is 7. The molecule has 2 fully saturated rings. The number of quaternary nitrogens is 1. The van der Waals surface area contributed by atoms with Crippen molar-refractivity contribution >= 4 is 28.2 Å². The summed E-state index contributed by atoms with van der Waals surface area (Å²) in [5.41, 5.74) is 1.22. The molecule has 5 rings (SSSR count). The van der Waals surface area contributed by atoms with Crippen LogP contribution in [0.5, 0.6) is 5.75 Å². The second kappa shape index (κ2) is 9.98. The predicted molar refractivity (Wildman–Crippen MR) is 131 cm³/mol. The number of ketones is 2. The fourth-order valence-corrected chi connectivity index (χ4v) is 5.21. The fraction of sp³-hybridized carbons (Fsp3) is 0.321. The molecular formula is C28H29N2O5+. The number of methoxy groups -OCH3 is 1. The van der Waals surface area contributed by atoms with Gasteiger partial charge in [-0.3, -0.25) is 14.4 Å². The van der Waals surface area contributed by atoms with Crippen molar-refractivity contribution in [3.8, 4) is 5.75 Å².